The van der Waals surface area contributed by atoms with Gasteiger partial charge in [-0.05, 0) is 12.8 Å². The number of hydrogen-bond donors (Lipinski definition) is 1. The number of rotatable bonds is 4. The van der Waals surface area contributed by atoms with E-state index in [4.69, 9.17) is 0 Å². The van der Waals surface area contributed by atoms with Crippen LogP contribution in [-0.4, -0.2) is 40.2 Å². The van der Waals surface area contributed by atoms with Gasteiger partial charge >= 0.3 is 0 Å². The molecule has 5 nitrogen and oxygen atoms in total. The van der Waals surface area contributed by atoms with Crippen molar-refractivity contribution in [3.8, 4) is 0 Å². The molecule has 20 heavy (non-hydrogen) atoms. The van der Waals surface area contributed by atoms with Gasteiger partial charge in [0, 0.05) is 43.9 Å². The van der Waals surface area contributed by atoms with Crippen LogP contribution in [0.25, 0.3) is 0 Å². The Morgan fingerprint density at radius 2 is 2.00 bits per heavy atom. The summed E-state index contributed by atoms with van der Waals surface area (Å²) in [4.78, 5) is 13.9. The molecule has 0 aromatic carbocycles. The van der Waals surface area contributed by atoms with Gasteiger partial charge in [-0.15, -0.1) is 0 Å². The molecule has 1 amide bonds. The van der Waals surface area contributed by atoms with Gasteiger partial charge in [0.15, 0.2) is 0 Å². The van der Waals surface area contributed by atoms with Crippen LogP contribution in [0.15, 0.2) is 6.20 Å². The molecule has 0 spiro atoms. The second-order valence-electron chi connectivity index (χ2n) is 6.62. The predicted octanol–water partition coefficient (Wildman–Crippen LogP) is 1.43. The zero-order valence-electron chi connectivity index (χ0n) is 13.1. The quantitative estimate of drug-likeness (QED) is 0.906. The third-order valence-electron chi connectivity index (χ3n) is 3.67. The van der Waals surface area contributed by atoms with Crippen molar-refractivity contribution in [2.45, 2.75) is 45.6 Å². The van der Waals surface area contributed by atoms with E-state index in [1.165, 1.54) is 5.56 Å². The fourth-order valence-electron chi connectivity index (χ4n) is 2.68. The zero-order chi connectivity index (χ0) is 14.8. The second kappa shape index (κ2) is 5.95. The van der Waals surface area contributed by atoms with Crippen molar-refractivity contribution in [3.63, 3.8) is 0 Å². The minimum absolute atomic E-state index is 0.0250. The molecule has 0 radical (unpaired) electrons. The predicted molar refractivity (Wildman–Crippen MR) is 79.4 cm³/mol. The number of amides is 1. The second-order valence-corrected chi connectivity index (χ2v) is 6.62. The maximum Gasteiger partial charge on any atom is 0.236 e. The molecule has 112 valence electrons. The lowest BCUT2D eigenvalue weighted by Crippen LogP contribution is -2.36. The smallest absolute Gasteiger partial charge is 0.236 e. The Morgan fingerprint density at radius 3 is 2.60 bits per heavy atom. The number of carbonyl (C=O) groups is 1. The van der Waals surface area contributed by atoms with E-state index in [-0.39, 0.29) is 11.3 Å². The highest BCUT2D eigenvalue weighted by atomic mass is 16.2. The number of carbonyl (C=O) groups excluding carboxylic acids is 1. The van der Waals surface area contributed by atoms with Gasteiger partial charge in [-0.3, -0.25) is 9.48 Å². The number of aromatic nitrogens is 2. The van der Waals surface area contributed by atoms with Crippen molar-refractivity contribution in [3.05, 3.63) is 17.5 Å². The largest absolute Gasteiger partial charge is 0.342 e. The van der Waals surface area contributed by atoms with E-state index >= 15 is 0 Å². The number of nitrogens with one attached hydrogen (secondary N) is 1. The van der Waals surface area contributed by atoms with Crippen molar-refractivity contribution >= 4 is 5.91 Å². The Hall–Kier alpha value is -1.36. The van der Waals surface area contributed by atoms with Crippen LogP contribution in [0.2, 0.25) is 0 Å². The first-order valence-electron chi connectivity index (χ1n) is 7.39. The number of aryl methyl sites for hydroxylation is 1. The zero-order valence-corrected chi connectivity index (χ0v) is 13.1. The van der Waals surface area contributed by atoms with Crippen molar-refractivity contribution < 1.29 is 4.79 Å². The molecule has 1 aromatic rings. The molecule has 0 bridgehead atoms. The molecule has 2 heterocycles. The lowest BCUT2D eigenvalue weighted by molar-refractivity contribution is -0.129. The lowest BCUT2D eigenvalue weighted by atomic mass is 9.89. The van der Waals surface area contributed by atoms with Gasteiger partial charge < -0.3 is 10.2 Å². The summed E-state index contributed by atoms with van der Waals surface area (Å²) < 4.78 is 1.85. The van der Waals surface area contributed by atoms with Crippen LogP contribution in [0, 0.1) is 0 Å². The summed E-state index contributed by atoms with van der Waals surface area (Å²) in [6.45, 7) is 9.43. The summed E-state index contributed by atoms with van der Waals surface area (Å²) in [5.41, 5.74) is 2.30. The topological polar surface area (TPSA) is 50.2 Å². The standard InChI is InChI=1S/C15H26N4O/c1-15(2,3)14-12(11-18(4)17-14)9-16-10-13(20)19-7-5-6-8-19/h11,16H,5-10H2,1-4H3. The highest BCUT2D eigenvalue weighted by Crippen LogP contribution is 2.23. The molecule has 2 rings (SSSR count). The van der Waals surface area contributed by atoms with Crippen molar-refractivity contribution in [1.29, 1.82) is 0 Å². The summed E-state index contributed by atoms with van der Waals surface area (Å²) in [5.74, 6) is 0.212. The van der Waals surface area contributed by atoms with E-state index < -0.39 is 0 Å². The van der Waals surface area contributed by atoms with Gasteiger partial charge in [0.1, 0.15) is 0 Å². The van der Waals surface area contributed by atoms with E-state index in [2.05, 4.69) is 31.2 Å². The van der Waals surface area contributed by atoms with Crippen LogP contribution in [0.1, 0.15) is 44.9 Å². The molecule has 1 fully saturated rings. The molecule has 1 aliphatic rings. The highest BCUT2D eigenvalue weighted by molar-refractivity contribution is 5.78. The van der Waals surface area contributed by atoms with Gasteiger partial charge in [-0.25, -0.2) is 0 Å². The Labute approximate surface area is 121 Å². The molecule has 1 aromatic heterocycles. The summed E-state index contributed by atoms with van der Waals surface area (Å²) in [6, 6.07) is 0. The van der Waals surface area contributed by atoms with Crippen molar-refractivity contribution in [1.82, 2.24) is 20.0 Å². The number of hydrogen-bond acceptors (Lipinski definition) is 3. The van der Waals surface area contributed by atoms with Gasteiger partial charge in [-0.1, -0.05) is 20.8 Å². The molecule has 0 atom stereocenters. The fourth-order valence-corrected chi connectivity index (χ4v) is 2.68. The van der Waals surface area contributed by atoms with Gasteiger partial charge in [0.05, 0.1) is 12.2 Å². The van der Waals surface area contributed by atoms with E-state index in [1.807, 2.05) is 22.8 Å². The van der Waals surface area contributed by atoms with E-state index in [0.29, 0.717) is 13.1 Å². The van der Waals surface area contributed by atoms with Gasteiger partial charge in [0.2, 0.25) is 5.91 Å². The Bertz CT molecular complexity index is 467. The summed E-state index contributed by atoms with van der Waals surface area (Å²) in [5, 5.41) is 7.80. The van der Waals surface area contributed by atoms with E-state index in [1.54, 1.807) is 0 Å². The molecular formula is C15H26N4O. The third kappa shape index (κ3) is 3.60. The van der Waals surface area contributed by atoms with Crippen LogP contribution in [-0.2, 0) is 23.8 Å². The normalized spacial score (nSPS) is 15.9. The molecule has 0 unspecified atom stereocenters. The Morgan fingerprint density at radius 1 is 1.35 bits per heavy atom. The average molecular weight is 278 g/mol. The minimum Gasteiger partial charge on any atom is -0.342 e. The number of likely N-dealkylation sites (tertiary alicyclic amines) is 1. The summed E-state index contributed by atoms with van der Waals surface area (Å²) >= 11 is 0. The van der Waals surface area contributed by atoms with Crippen LogP contribution >= 0.6 is 0 Å². The fraction of sp³-hybridized carbons (Fsp3) is 0.733. The first-order chi connectivity index (χ1) is 9.38. The highest BCUT2D eigenvalue weighted by Gasteiger charge is 2.22. The van der Waals surface area contributed by atoms with Crippen LogP contribution in [0.5, 0.6) is 0 Å². The Balaban J connectivity index is 1.89. The van der Waals surface area contributed by atoms with Crippen LogP contribution < -0.4 is 5.32 Å². The van der Waals surface area contributed by atoms with Crippen LogP contribution in [0.4, 0.5) is 0 Å². The van der Waals surface area contributed by atoms with Crippen molar-refractivity contribution in [2.24, 2.45) is 7.05 Å². The average Bonchev–Trinajstić information content (AvgIpc) is 2.97. The van der Waals surface area contributed by atoms with Gasteiger partial charge in [0.25, 0.3) is 0 Å². The maximum atomic E-state index is 12.0. The molecule has 0 aliphatic carbocycles. The maximum absolute atomic E-state index is 12.0. The SMILES string of the molecule is Cn1cc(CNCC(=O)N2CCCC2)c(C(C)(C)C)n1. The van der Waals surface area contributed by atoms with Gasteiger partial charge in [-0.2, -0.15) is 5.10 Å². The molecule has 1 aliphatic heterocycles. The van der Waals surface area contributed by atoms with E-state index in [9.17, 15) is 4.79 Å². The summed E-state index contributed by atoms with van der Waals surface area (Å²) in [7, 11) is 1.94. The third-order valence-corrected chi connectivity index (χ3v) is 3.67. The lowest BCUT2D eigenvalue weighted by Gasteiger charge is -2.18. The summed E-state index contributed by atoms with van der Waals surface area (Å²) in [6.07, 6.45) is 4.32. The molecule has 1 N–H and O–H groups in total. The number of nitrogens with zero attached hydrogens (tertiary/aromatic N) is 3. The first kappa shape index (κ1) is 15.0. The molecule has 5 heteroatoms. The molecule has 0 saturated carbocycles. The monoisotopic (exact) mass is 278 g/mol. The molecular weight excluding hydrogens is 252 g/mol. The first-order valence-corrected chi connectivity index (χ1v) is 7.39. The minimum atomic E-state index is 0.0250. The van der Waals surface area contributed by atoms with E-state index in [0.717, 1.165) is 31.6 Å². The van der Waals surface area contributed by atoms with Crippen LogP contribution in [0.3, 0.4) is 0 Å². The Kier molecular flexibility index (Phi) is 4.48. The molecule has 1 saturated heterocycles. The van der Waals surface area contributed by atoms with Crippen molar-refractivity contribution in [2.75, 3.05) is 19.6 Å².